The molecule has 5 heteroatoms. The average molecular weight is 222 g/mol. The molecule has 2 N–H and O–H groups in total. The molecule has 0 amide bonds. The Morgan fingerprint density at radius 1 is 1.44 bits per heavy atom. The smallest absolute Gasteiger partial charge is 0.313 e. The molecule has 1 atom stereocenters. The van der Waals surface area contributed by atoms with Crippen LogP contribution in [0.3, 0.4) is 0 Å². The Morgan fingerprint density at radius 2 is 2.12 bits per heavy atom. The first-order valence-corrected chi connectivity index (χ1v) is 5.44. The lowest BCUT2D eigenvalue weighted by molar-refractivity contribution is -0.138. The maximum Gasteiger partial charge on any atom is 0.313 e. The third-order valence-electron chi connectivity index (χ3n) is 2.99. The van der Waals surface area contributed by atoms with Crippen molar-refractivity contribution in [3.8, 4) is 0 Å². The topological polar surface area (TPSA) is 83.0 Å². The van der Waals surface area contributed by atoms with E-state index in [1.165, 1.54) is 6.92 Å². The summed E-state index contributed by atoms with van der Waals surface area (Å²) in [5.41, 5.74) is 1.33. The predicted molar refractivity (Wildman–Crippen MR) is 57.6 cm³/mol. The zero-order valence-electron chi connectivity index (χ0n) is 9.12. The van der Waals surface area contributed by atoms with E-state index in [0.717, 1.165) is 36.9 Å². The number of H-pyrrole nitrogens is 1. The maximum absolute atomic E-state index is 11.7. The van der Waals surface area contributed by atoms with Crippen LogP contribution in [0.5, 0.6) is 0 Å². The molecule has 0 fully saturated rings. The first kappa shape index (κ1) is 10.9. The second kappa shape index (κ2) is 4.08. The lowest BCUT2D eigenvalue weighted by Crippen LogP contribution is -2.25. The van der Waals surface area contributed by atoms with Crippen molar-refractivity contribution < 1.29 is 9.90 Å². The van der Waals surface area contributed by atoms with Gasteiger partial charge in [0.15, 0.2) is 0 Å². The van der Waals surface area contributed by atoms with Gasteiger partial charge in [-0.3, -0.25) is 9.59 Å². The Kier molecular flexibility index (Phi) is 2.77. The van der Waals surface area contributed by atoms with E-state index in [1.54, 1.807) is 0 Å². The lowest BCUT2D eigenvalue weighted by atomic mass is 9.97. The number of hydrogen-bond acceptors (Lipinski definition) is 3. The van der Waals surface area contributed by atoms with Crippen molar-refractivity contribution >= 4 is 5.97 Å². The molecule has 1 aliphatic rings. The second-order valence-corrected chi connectivity index (χ2v) is 4.14. The standard InChI is InChI=1S/C11H14N2O3/c1-6(11(15)16)9-12-8-5-3-2-4-7(8)10(14)13-9/h6H,2-5H2,1H3,(H,15,16)(H,12,13,14). The molecule has 5 nitrogen and oxygen atoms in total. The summed E-state index contributed by atoms with van der Waals surface area (Å²) in [6.07, 6.45) is 3.55. The van der Waals surface area contributed by atoms with Crippen molar-refractivity contribution in [3.63, 3.8) is 0 Å². The minimum Gasteiger partial charge on any atom is -0.481 e. The number of fused-ring (bicyclic) bond motifs is 1. The fraction of sp³-hybridized carbons (Fsp3) is 0.545. The molecule has 1 unspecified atom stereocenters. The molecule has 1 aliphatic carbocycles. The lowest BCUT2D eigenvalue weighted by Gasteiger charge is -2.15. The largest absolute Gasteiger partial charge is 0.481 e. The van der Waals surface area contributed by atoms with Gasteiger partial charge >= 0.3 is 5.97 Å². The zero-order valence-corrected chi connectivity index (χ0v) is 9.12. The molecule has 0 spiro atoms. The summed E-state index contributed by atoms with van der Waals surface area (Å²) in [6.45, 7) is 1.52. The van der Waals surface area contributed by atoms with Crippen LogP contribution >= 0.6 is 0 Å². The van der Waals surface area contributed by atoms with Gasteiger partial charge in [-0.05, 0) is 32.6 Å². The van der Waals surface area contributed by atoms with Gasteiger partial charge in [0.1, 0.15) is 11.7 Å². The van der Waals surface area contributed by atoms with Crippen LogP contribution in [0.25, 0.3) is 0 Å². The van der Waals surface area contributed by atoms with E-state index in [2.05, 4.69) is 9.97 Å². The monoisotopic (exact) mass is 222 g/mol. The number of aryl methyl sites for hydroxylation is 1. The van der Waals surface area contributed by atoms with E-state index in [0.29, 0.717) is 0 Å². The number of carboxylic acid groups (broad SMARTS) is 1. The minimum atomic E-state index is -0.973. The van der Waals surface area contributed by atoms with Gasteiger partial charge in [0, 0.05) is 5.56 Å². The normalized spacial score (nSPS) is 16.6. The molecule has 0 saturated carbocycles. The minimum absolute atomic E-state index is 0.173. The van der Waals surface area contributed by atoms with Crippen LogP contribution < -0.4 is 5.56 Å². The summed E-state index contributed by atoms with van der Waals surface area (Å²) in [5.74, 6) is -1.48. The molecule has 1 heterocycles. The van der Waals surface area contributed by atoms with Crippen LogP contribution in [0.1, 0.15) is 42.8 Å². The van der Waals surface area contributed by atoms with Crippen LogP contribution in [0.2, 0.25) is 0 Å². The van der Waals surface area contributed by atoms with Gasteiger partial charge in [-0.15, -0.1) is 0 Å². The number of carbonyl (C=O) groups is 1. The molecule has 0 bridgehead atoms. The van der Waals surface area contributed by atoms with Crippen molar-refractivity contribution in [1.29, 1.82) is 0 Å². The van der Waals surface area contributed by atoms with Crippen molar-refractivity contribution in [2.24, 2.45) is 0 Å². The first-order valence-electron chi connectivity index (χ1n) is 5.44. The number of nitrogens with zero attached hydrogens (tertiary/aromatic N) is 1. The van der Waals surface area contributed by atoms with Crippen molar-refractivity contribution in [2.75, 3.05) is 0 Å². The Labute approximate surface area is 92.5 Å². The highest BCUT2D eigenvalue weighted by atomic mass is 16.4. The highest BCUT2D eigenvalue weighted by molar-refractivity contribution is 5.74. The molecule has 86 valence electrons. The number of aromatic amines is 1. The molecule has 1 aromatic heterocycles. The Bertz CT molecular complexity index is 479. The van der Waals surface area contributed by atoms with E-state index in [-0.39, 0.29) is 11.4 Å². The van der Waals surface area contributed by atoms with Gasteiger partial charge in [-0.2, -0.15) is 0 Å². The molecule has 16 heavy (non-hydrogen) atoms. The summed E-state index contributed by atoms with van der Waals surface area (Å²) in [4.78, 5) is 29.4. The summed E-state index contributed by atoms with van der Waals surface area (Å²) in [7, 11) is 0. The third kappa shape index (κ3) is 1.85. The number of nitrogens with one attached hydrogen (secondary N) is 1. The second-order valence-electron chi connectivity index (χ2n) is 4.14. The SMILES string of the molecule is CC(C(=O)O)c1nc2c(c(=O)[nH]1)CCCC2. The molecule has 1 aromatic rings. The van der Waals surface area contributed by atoms with Crippen LogP contribution in [0.15, 0.2) is 4.79 Å². The van der Waals surface area contributed by atoms with Crippen molar-refractivity contribution in [2.45, 2.75) is 38.5 Å². The molecular weight excluding hydrogens is 208 g/mol. The van der Waals surface area contributed by atoms with E-state index in [4.69, 9.17) is 5.11 Å². The van der Waals surface area contributed by atoms with Crippen molar-refractivity contribution in [1.82, 2.24) is 9.97 Å². The van der Waals surface area contributed by atoms with Gasteiger partial charge in [0.25, 0.3) is 5.56 Å². The van der Waals surface area contributed by atoms with Crippen LogP contribution in [-0.2, 0) is 17.6 Å². The van der Waals surface area contributed by atoms with Crippen molar-refractivity contribution in [3.05, 3.63) is 27.4 Å². The van der Waals surface area contributed by atoms with Gasteiger partial charge in [-0.25, -0.2) is 4.98 Å². The predicted octanol–water partition coefficient (Wildman–Crippen LogP) is 0.837. The average Bonchev–Trinajstić information content (AvgIpc) is 2.28. The van der Waals surface area contributed by atoms with Gasteiger partial charge < -0.3 is 10.1 Å². The van der Waals surface area contributed by atoms with Crippen LogP contribution in [0, 0.1) is 0 Å². The zero-order chi connectivity index (χ0) is 11.7. The van der Waals surface area contributed by atoms with Gasteiger partial charge in [-0.1, -0.05) is 0 Å². The van der Waals surface area contributed by atoms with E-state index < -0.39 is 11.9 Å². The molecule has 2 rings (SSSR count). The number of aliphatic carboxylic acids is 1. The first-order chi connectivity index (χ1) is 7.59. The Balaban J connectivity index is 2.47. The van der Waals surface area contributed by atoms with Gasteiger partial charge in [0.05, 0.1) is 5.69 Å². The number of hydrogen-bond donors (Lipinski definition) is 2. The Hall–Kier alpha value is -1.65. The fourth-order valence-electron chi connectivity index (χ4n) is 1.94. The third-order valence-corrected chi connectivity index (χ3v) is 2.99. The number of aromatic nitrogens is 2. The molecular formula is C11H14N2O3. The summed E-state index contributed by atoms with van der Waals surface area (Å²) in [5, 5.41) is 8.87. The van der Waals surface area contributed by atoms with E-state index >= 15 is 0 Å². The maximum atomic E-state index is 11.7. The fourth-order valence-corrected chi connectivity index (χ4v) is 1.94. The number of carboxylic acids is 1. The molecule has 0 radical (unpaired) electrons. The van der Waals surface area contributed by atoms with Crippen LogP contribution in [-0.4, -0.2) is 21.0 Å². The quantitative estimate of drug-likeness (QED) is 0.776. The summed E-state index contributed by atoms with van der Waals surface area (Å²) < 4.78 is 0. The van der Waals surface area contributed by atoms with E-state index in [1.807, 2.05) is 0 Å². The van der Waals surface area contributed by atoms with Gasteiger partial charge in [0.2, 0.25) is 0 Å². The van der Waals surface area contributed by atoms with Crippen LogP contribution in [0.4, 0.5) is 0 Å². The number of rotatable bonds is 2. The molecule has 0 saturated heterocycles. The Morgan fingerprint density at radius 3 is 2.81 bits per heavy atom. The summed E-state index contributed by atoms with van der Waals surface area (Å²) >= 11 is 0. The highest BCUT2D eigenvalue weighted by Crippen LogP contribution is 2.18. The molecule has 0 aliphatic heterocycles. The summed E-state index contributed by atoms with van der Waals surface area (Å²) in [6, 6.07) is 0. The van der Waals surface area contributed by atoms with E-state index in [9.17, 15) is 9.59 Å². The highest BCUT2D eigenvalue weighted by Gasteiger charge is 2.21. The molecule has 0 aromatic carbocycles.